The van der Waals surface area contributed by atoms with Crippen molar-refractivity contribution in [1.29, 1.82) is 0 Å². The first-order valence-electron chi connectivity index (χ1n) is 7.31. The molecule has 0 rings (SSSR count). The van der Waals surface area contributed by atoms with E-state index in [4.69, 9.17) is 10.5 Å². The Bertz CT molecular complexity index is 313. The summed E-state index contributed by atoms with van der Waals surface area (Å²) in [6.45, 7) is 12.6. The summed E-state index contributed by atoms with van der Waals surface area (Å²) >= 11 is 0. The number of hydrogen-bond donors (Lipinski definition) is 2. The van der Waals surface area contributed by atoms with Crippen LogP contribution in [0.25, 0.3) is 0 Å². The maximum atomic E-state index is 11.4. The topological polar surface area (TPSA) is 80.0 Å². The maximum absolute atomic E-state index is 11.4. The first kappa shape index (κ1) is 22.5. The molecule has 0 aliphatic rings. The van der Waals surface area contributed by atoms with Gasteiger partial charge in [0.15, 0.2) is 5.96 Å². The van der Waals surface area contributed by atoms with Gasteiger partial charge < -0.3 is 20.7 Å². The number of aliphatic imine (C=N–C) groups is 1. The summed E-state index contributed by atoms with van der Waals surface area (Å²) in [5.74, 6) is 0.593. The molecule has 0 aromatic heterocycles. The lowest BCUT2D eigenvalue weighted by molar-refractivity contribution is 0.0527. The number of guanidine groups is 1. The zero-order valence-electron chi connectivity index (χ0n) is 13.9. The van der Waals surface area contributed by atoms with Gasteiger partial charge in [0, 0.05) is 26.2 Å². The lowest BCUT2D eigenvalue weighted by Gasteiger charge is -2.20. The van der Waals surface area contributed by atoms with E-state index in [2.05, 4.69) is 24.2 Å². The van der Waals surface area contributed by atoms with E-state index in [1.165, 1.54) is 0 Å². The number of hydrogen-bond acceptors (Lipinski definition) is 3. The van der Waals surface area contributed by atoms with Crippen molar-refractivity contribution in [3.05, 3.63) is 0 Å². The summed E-state index contributed by atoms with van der Waals surface area (Å²) < 4.78 is 5.14. The summed E-state index contributed by atoms with van der Waals surface area (Å²) in [7, 11) is 0. The molecule has 7 heteroatoms. The van der Waals surface area contributed by atoms with Gasteiger partial charge in [0.2, 0.25) is 0 Å². The predicted octanol–water partition coefficient (Wildman–Crippen LogP) is 2.57. The molecule has 0 saturated carbocycles. The first-order chi connectivity index (χ1) is 9.30. The van der Waals surface area contributed by atoms with Gasteiger partial charge in [0.05, 0.1) is 0 Å². The molecule has 6 nitrogen and oxygen atoms in total. The van der Waals surface area contributed by atoms with E-state index in [0.717, 1.165) is 25.9 Å². The molecular weight excluding hydrogens is 383 g/mol. The second-order valence-corrected chi connectivity index (χ2v) is 5.55. The summed E-state index contributed by atoms with van der Waals surface area (Å²) in [6, 6.07) is 0. The summed E-state index contributed by atoms with van der Waals surface area (Å²) in [5, 5.41) is 2.72. The lowest BCUT2D eigenvalue weighted by Crippen LogP contribution is -2.37. The third-order valence-electron chi connectivity index (χ3n) is 2.61. The molecule has 0 saturated heterocycles. The molecule has 0 spiro atoms. The van der Waals surface area contributed by atoms with Crippen molar-refractivity contribution in [3.8, 4) is 0 Å². The number of unbranched alkanes of at least 4 members (excludes halogenated alkanes) is 1. The number of amides is 1. The Kier molecular flexibility index (Phi) is 12.8. The van der Waals surface area contributed by atoms with Gasteiger partial charge in [0.25, 0.3) is 0 Å². The van der Waals surface area contributed by atoms with Crippen LogP contribution in [0.5, 0.6) is 0 Å². The van der Waals surface area contributed by atoms with Crippen molar-refractivity contribution in [3.63, 3.8) is 0 Å². The highest BCUT2D eigenvalue weighted by Crippen LogP contribution is 2.06. The number of nitrogens with one attached hydrogen (secondary N) is 1. The Labute approximate surface area is 145 Å². The van der Waals surface area contributed by atoms with Gasteiger partial charge in [-0.1, -0.05) is 0 Å². The van der Waals surface area contributed by atoms with Crippen molar-refractivity contribution in [1.82, 2.24) is 10.2 Å². The van der Waals surface area contributed by atoms with Crippen LogP contribution in [0.3, 0.4) is 0 Å². The standard InChI is InChI=1S/C14H30N4O2.HI/c1-6-18(7-2)12(15)16-10-8-9-11-17-13(19)20-14(3,4)5;/h6-11H2,1-5H3,(H2,15,16)(H,17,19);1H. The fourth-order valence-corrected chi connectivity index (χ4v) is 1.58. The van der Waals surface area contributed by atoms with Gasteiger partial charge in [-0.2, -0.15) is 0 Å². The van der Waals surface area contributed by atoms with Crippen LogP contribution in [0, 0.1) is 0 Å². The van der Waals surface area contributed by atoms with E-state index in [1.807, 2.05) is 25.7 Å². The van der Waals surface area contributed by atoms with Crippen LogP contribution >= 0.6 is 24.0 Å². The predicted molar refractivity (Wildman–Crippen MR) is 98.3 cm³/mol. The zero-order chi connectivity index (χ0) is 15.6. The number of nitrogens with two attached hydrogens (primary N) is 1. The minimum absolute atomic E-state index is 0. The lowest BCUT2D eigenvalue weighted by atomic mass is 10.2. The molecule has 0 aliphatic carbocycles. The molecule has 0 radical (unpaired) electrons. The number of alkyl carbamates (subject to hydrolysis) is 1. The van der Waals surface area contributed by atoms with Gasteiger partial charge in [-0.15, -0.1) is 24.0 Å². The summed E-state index contributed by atoms with van der Waals surface area (Å²) in [6.07, 6.45) is 1.37. The van der Waals surface area contributed by atoms with Gasteiger partial charge in [-0.25, -0.2) is 4.79 Å². The van der Waals surface area contributed by atoms with Crippen molar-refractivity contribution in [2.24, 2.45) is 10.7 Å². The van der Waals surface area contributed by atoms with Crippen molar-refractivity contribution < 1.29 is 9.53 Å². The molecule has 3 N–H and O–H groups in total. The fourth-order valence-electron chi connectivity index (χ4n) is 1.58. The molecule has 0 atom stereocenters. The maximum Gasteiger partial charge on any atom is 0.407 e. The fraction of sp³-hybridized carbons (Fsp3) is 0.857. The van der Waals surface area contributed by atoms with E-state index >= 15 is 0 Å². The Balaban J connectivity index is 0. The number of halogens is 1. The third kappa shape index (κ3) is 12.7. The normalized spacial score (nSPS) is 11.6. The van der Waals surface area contributed by atoms with E-state index < -0.39 is 5.60 Å². The first-order valence-corrected chi connectivity index (χ1v) is 7.31. The summed E-state index contributed by atoms with van der Waals surface area (Å²) in [4.78, 5) is 17.7. The average molecular weight is 414 g/mol. The van der Waals surface area contributed by atoms with Gasteiger partial charge >= 0.3 is 6.09 Å². The highest BCUT2D eigenvalue weighted by Gasteiger charge is 2.15. The molecule has 0 aliphatic heterocycles. The minimum Gasteiger partial charge on any atom is -0.444 e. The van der Waals surface area contributed by atoms with Crippen LogP contribution in [0.15, 0.2) is 4.99 Å². The van der Waals surface area contributed by atoms with Gasteiger partial charge in [-0.05, 0) is 47.5 Å². The molecule has 126 valence electrons. The molecule has 0 aromatic rings. The largest absolute Gasteiger partial charge is 0.444 e. The number of carbonyl (C=O) groups is 1. The van der Waals surface area contributed by atoms with Gasteiger partial charge in [0.1, 0.15) is 5.60 Å². The number of ether oxygens (including phenoxy) is 1. The summed E-state index contributed by atoms with van der Waals surface area (Å²) in [5.41, 5.74) is 5.41. The van der Waals surface area contributed by atoms with E-state index in [1.54, 1.807) is 0 Å². The zero-order valence-corrected chi connectivity index (χ0v) is 16.3. The Morgan fingerprint density at radius 1 is 1.24 bits per heavy atom. The van der Waals surface area contributed by atoms with E-state index in [9.17, 15) is 4.79 Å². The molecular formula is C14H31IN4O2. The molecule has 0 fully saturated rings. The molecule has 0 bridgehead atoms. The van der Waals surface area contributed by atoms with Crippen LogP contribution in [0.4, 0.5) is 4.79 Å². The third-order valence-corrected chi connectivity index (χ3v) is 2.61. The SMILES string of the molecule is CCN(CC)C(N)=NCCCCNC(=O)OC(C)(C)C.I. The average Bonchev–Trinajstić information content (AvgIpc) is 2.32. The molecule has 0 unspecified atom stereocenters. The van der Waals surface area contributed by atoms with Crippen LogP contribution in [0.1, 0.15) is 47.5 Å². The Hall–Kier alpha value is -0.730. The van der Waals surface area contributed by atoms with Crippen molar-refractivity contribution in [2.45, 2.75) is 53.1 Å². The van der Waals surface area contributed by atoms with Gasteiger partial charge in [-0.3, -0.25) is 4.99 Å². The molecule has 21 heavy (non-hydrogen) atoms. The highest BCUT2D eigenvalue weighted by atomic mass is 127. The monoisotopic (exact) mass is 414 g/mol. The minimum atomic E-state index is -0.452. The van der Waals surface area contributed by atoms with Crippen molar-refractivity contribution >= 4 is 36.0 Å². The Morgan fingerprint density at radius 3 is 2.29 bits per heavy atom. The number of rotatable bonds is 7. The number of nitrogens with zero attached hydrogens (tertiary/aromatic N) is 2. The molecule has 0 aromatic carbocycles. The van der Waals surface area contributed by atoms with Crippen LogP contribution in [0.2, 0.25) is 0 Å². The van der Waals surface area contributed by atoms with Crippen LogP contribution in [-0.2, 0) is 4.74 Å². The highest BCUT2D eigenvalue weighted by molar-refractivity contribution is 14.0. The number of carbonyl (C=O) groups excluding carboxylic acids is 1. The quantitative estimate of drug-likeness (QED) is 0.291. The second-order valence-electron chi connectivity index (χ2n) is 5.55. The smallest absolute Gasteiger partial charge is 0.407 e. The van der Waals surface area contributed by atoms with E-state index in [-0.39, 0.29) is 30.1 Å². The van der Waals surface area contributed by atoms with E-state index in [0.29, 0.717) is 19.0 Å². The van der Waals surface area contributed by atoms with Crippen molar-refractivity contribution in [2.75, 3.05) is 26.2 Å². The van der Waals surface area contributed by atoms with Crippen LogP contribution < -0.4 is 11.1 Å². The second kappa shape index (κ2) is 11.9. The molecule has 1 amide bonds. The van der Waals surface area contributed by atoms with Crippen LogP contribution in [-0.4, -0.2) is 48.7 Å². The molecule has 0 heterocycles. The Morgan fingerprint density at radius 2 is 1.81 bits per heavy atom.